The molecule has 1 heterocycles. The Morgan fingerprint density at radius 3 is 2.45 bits per heavy atom. The van der Waals surface area contributed by atoms with E-state index in [1.54, 1.807) is 0 Å². The molecule has 0 aromatic heterocycles. The predicted molar refractivity (Wildman–Crippen MR) is 71.8 cm³/mol. The summed E-state index contributed by atoms with van der Waals surface area (Å²) < 4.78 is 39.3. The van der Waals surface area contributed by atoms with E-state index in [1.807, 2.05) is 0 Å². The van der Waals surface area contributed by atoms with Crippen molar-refractivity contribution >= 4 is 11.9 Å². The number of carbonyl (C=O) groups is 2. The normalized spacial score (nSPS) is 18.3. The number of nitrogens with zero attached hydrogens (tertiary/aromatic N) is 1. The van der Waals surface area contributed by atoms with E-state index in [2.05, 4.69) is 0 Å². The SMILES string of the molecule is O=C(O)CCC1CCCN(C(=O)c2cc(F)c(F)c(F)c2)C1. The van der Waals surface area contributed by atoms with Crippen molar-refractivity contribution in [2.24, 2.45) is 5.92 Å². The Balaban J connectivity index is 2.07. The lowest BCUT2D eigenvalue weighted by atomic mass is 9.93. The minimum absolute atomic E-state index is 0.0203. The molecule has 1 unspecified atom stereocenters. The smallest absolute Gasteiger partial charge is 0.303 e. The maximum absolute atomic E-state index is 13.2. The van der Waals surface area contributed by atoms with Crippen LogP contribution < -0.4 is 0 Å². The molecule has 0 aliphatic carbocycles. The molecule has 1 saturated heterocycles. The van der Waals surface area contributed by atoms with Gasteiger partial charge in [-0.1, -0.05) is 0 Å². The van der Waals surface area contributed by atoms with Gasteiger partial charge < -0.3 is 10.0 Å². The van der Waals surface area contributed by atoms with E-state index < -0.39 is 29.3 Å². The second-order valence-electron chi connectivity index (χ2n) is 5.45. The Hall–Kier alpha value is -2.05. The minimum atomic E-state index is -1.60. The van der Waals surface area contributed by atoms with E-state index >= 15 is 0 Å². The summed E-state index contributed by atoms with van der Waals surface area (Å²) in [5, 5.41) is 8.68. The summed E-state index contributed by atoms with van der Waals surface area (Å²) in [5.74, 6) is -5.83. The molecular weight excluding hydrogens is 299 g/mol. The first kappa shape index (κ1) is 16.3. The number of halogens is 3. The fourth-order valence-electron chi connectivity index (χ4n) is 2.67. The number of hydrogen-bond acceptors (Lipinski definition) is 2. The van der Waals surface area contributed by atoms with Crippen LogP contribution in [0.4, 0.5) is 13.2 Å². The molecule has 2 rings (SSSR count). The molecule has 22 heavy (non-hydrogen) atoms. The van der Waals surface area contributed by atoms with Crippen molar-refractivity contribution in [3.63, 3.8) is 0 Å². The van der Waals surface area contributed by atoms with Crippen molar-refractivity contribution in [1.82, 2.24) is 4.90 Å². The molecule has 1 aliphatic rings. The molecule has 1 aromatic carbocycles. The average Bonchev–Trinajstić information content (AvgIpc) is 2.49. The van der Waals surface area contributed by atoms with Gasteiger partial charge in [0.15, 0.2) is 17.5 Å². The zero-order valence-corrected chi connectivity index (χ0v) is 11.8. The molecule has 0 spiro atoms. The van der Waals surface area contributed by atoms with Crippen molar-refractivity contribution in [2.45, 2.75) is 25.7 Å². The fourth-order valence-corrected chi connectivity index (χ4v) is 2.67. The third-order valence-corrected chi connectivity index (χ3v) is 3.80. The van der Waals surface area contributed by atoms with Gasteiger partial charge in [0, 0.05) is 25.1 Å². The largest absolute Gasteiger partial charge is 0.481 e. The quantitative estimate of drug-likeness (QED) is 0.869. The molecule has 0 saturated carbocycles. The van der Waals surface area contributed by atoms with Gasteiger partial charge in [0.25, 0.3) is 5.91 Å². The van der Waals surface area contributed by atoms with Crippen molar-refractivity contribution in [2.75, 3.05) is 13.1 Å². The average molecular weight is 315 g/mol. The number of piperidine rings is 1. The standard InChI is InChI=1S/C15H16F3NO3/c16-11-6-10(7-12(17)14(11)18)15(22)19-5-1-2-9(8-19)3-4-13(20)21/h6-7,9H,1-5,8H2,(H,20,21). The molecule has 0 radical (unpaired) electrons. The molecule has 1 aliphatic heterocycles. The number of carboxylic acids is 1. The fraction of sp³-hybridized carbons (Fsp3) is 0.467. The second kappa shape index (κ2) is 6.81. The monoisotopic (exact) mass is 315 g/mol. The number of aliphatic carboxylic acids is 1. The Kier molecular flexibility index (Phi) is 5.05. The van der Waals surface area contributed by atoms with E-state index in [9.17, 15) is 22.8 Å². The number of benzene rings is 1. The Morgan fingerprint density at radius 2 is 1.86 bits per heavy atom. The van der Waals surface area contributed by atoms with Crippen LogP contribution in [0.5, 0.6) is 0 Å². The summed E-state index contributed by atoms with van der Waals surface area (Å²) in [6.45, 7) is 0.774. The first-order valence-electron chi connectivity index (χ1n) is 7.04. The topological polar surface area (TPSA) is 57.6 Å². The molecular formula is C15H16F3NO3. The lowest BCUT2D eigenvalue weighted by Crippen LogP contribution is -2.40. The maximum Gasteiger partial charge on any atom is 0.303 e. The zero-order valence-electron chi connectivity index (χ0n) is 11.8. The minimum Gasteiger partial charge on any atom is -0.481 e. The number of likely N-dealkylation sites (tertiary alicyclic amines) is 1. The molecule has 7 heteroatoms. The summed E-state index contributed by atoms with van der Waals surface area (Å²) in [6, 6.07) is 1.36. The van der Waals surface area contributed by atoms with Gasteiger partial charge in [-0.25, -0.2) is 13.2 Å². The summed E-state index contributed by atoms with van der Waals surface area (Å²) in [6.07, 6.45) is 1.98. The van der Waals surface area contributed by atoms with Crippen LogP contribution in [0.1, 0.15) is 36.0 Å². The molecule has 1 amide bonds. The predicted octanol–water partition coefficient (Wildman–Crippen LogP) is 2.82. The van der Waals surface area contributed by atoms with Crippen LogP contribution >= 0.6 is 0 Å². The van der Waals surface area contributed by atoms with Crippen LogP contribution in [0.25, 0.3) is 0 Å². The van der Waals surface area contributed by atoms with Crippen molar-refractivity contribution in [1.29, 1.82) is 0 Å². The van der Waals surface area contributed by atoms with Gasteiger partial charge in [-0.3, -0.25) is 9.59 Å². The van der Waals surface area contributed by atoms with Crippen LogP contribution in [0.15, 0.2) is 12.1 Å². The van der Waals surface area contributed by atoms with Crippen molar-refractivity contribution < 1.29 is 27.9 Å². The number of rotatable bonds is 4. The zero-order chi connectivity index (χ0) is 16.3. The molecule has 1 aromatic rings. The van der Waals surface area contributed by atoms with Gasteiger partial charge in [-0.15, -0.1) is 0 Å². The third-order valence-electron chi connectivity index (χ3n) is 3.80. The number of carboxylic acid groups (broad SMARTS) is 1. The molecule has 1 N–H and O–H groups in total. The first-order valence-corrected chi connectivity index (χ1v) is 7.04. The molecule has 0 bridgehead atoms. The second-order valence-corrected chi connectivity index (χ2v) is 5.45. The van der Waals surface area contributed by atoms with Crippen LogP contribution in [0.2, 0.25) is 0 Å². The lowest BCUT2D eigenvalue weighted by Gasteiger charge is -2.32. The Bertz CT molecular complexity index is 568. The highest BCUT2D eigenvalue weighted by atomic mass is 19.2. The van der Waals surface area contributed by atoms with E-state index in [0.29, 0.717) is 38.1 Å². The Labute approximate surface area is 125 Å². The number of hydrogen-bond donors (Lipinski definition) is 1. The summed E-state index contributed by atoms with van der Waals surface area (Å²) in [7, 11) is 0. The Morgan fingerprint density at radius 1 is 1.23 bits per heavy atom. The van der Waals surface area contributed by atoms with Crippen LogP contribution in [-0.4, -0.2) is 35.0 Å². The van der Waals surface area contributed by atoms with Gasteiger partial charge >= 0.3 is 5.97 Å². The van der Waals surface area contributed by atoms with E-state index in [4.69, 9.17) is 5.11 Å². The molecule has 1 atom stereocenters. The van der Waals surface area contributed by atoms with Crippen LogP contribution in [0.3, 0.4) is 0 Å². The van der Waals surface area contributed by atoms with Gasteiger partial charge in [0.05, 0.1) is 0 Å². The van der Waals surface area contributed by atoms with Gasteiger partial charge in [0.1, 0.15) is 0 Å². The first-order chi connectivity index (χ1) is 10.4. The van der Waals surface area contributed by atoms with E-state index in [-0.39, 0.29) is 17.9 Å². The van der Waals surface area contributed by atoms with Gasteiger partial charge in [0.2, 0.25) is 0 Å². The van der Waals surface area contributed by atoms with E-state index in [1.165, 1.54) is 4.90 Å². The highest BCUT2D eigenvalue weighted by Gasteiger charge is 2.26. The molecule has 1 fully saturated rings. The maximum atomic E-state index is 13.2. The van der Waals surface area contributed by atoms with E-state index in [0.717, 1.165) is 6.42 Å². The third kappa shape index (κ3) is 3.78. The summed E-state index contributed by atoms with van der Waals surface area (Å²) in [5.41, 5.74) is -0.240. The highest BCUT2D eigenvalue weighted by molar-refractivity contribution is 5.94. The lowest BCUT2D eigenvalue weighted by molar-refractivity contribution is -0.137. The van der Waals surface area contributed by atoms with Crippen LogP contribution in [0, 0.1) is 23.4 Å². The van der Waals surface area contributed by atoms with Gasteiger partial charge in [-0.05, 0) is 37.3 Å². The van der Waals surface area contributed by atoms with Crippen molar-refractivity contribution in [3.05, 3.63) is 35.1 Å². The number of carbonyl (C=O) groups excluding carboxylic acids is 1. The molecule has 120 valence electrons. The molecule has 4 nitrogen and oxygen atoms in total. The summed E-state index contributed by atoms with van der Waals surface area (Å²) in [4.78, 5) is 24.3. The van der Waals surface area contributed by atoms with Crippen LogP contribution in [-0.2, 0) is 4.79 Å². The number of amides is 1. The highest BCUT2D eigenvalue weighted by Crippen LogP contribution is 2.23. The summed E-state index contributed by atoms with van der Waals surface area (Å²) >= 11 is 0. The van der Waals surface area contributed by atoms with Crippen molar-refractivity contribution in [3.8, 4) is 0 Å². The van der Waals surface area contributed by atoms with Gasteiger partial charge in [-0.2, -0.15) is 0 Å².